The Morgan fingerprint density at radius 2 is 1.66 bits per heavy atom. The molecule has 4 heterocycles. The Labute approximate surface area is 255 Å². The van der Waals surface area contributed by atoms with Crippen molar-refractivity contribution in [1.82, 2.24) is 35.5 Å². The Morgan fingerprint density at radius 3 is 2.36 bits per heavy atom. The van der Waals surface area contributed by atoms with E-state index in [1.54, 1.807) is 29.4 Å². The SMILES string of the molecule is COC(=O)N[C@H](C(=O)N1CCC[C@H]1c1ncc(-c2ccc(-c3ccc(-c4cnc([C@@H]5CCCN5)[nH]4)c(F)c3)cc2)[nH]1)C(C)C. The number of imidazole rings is 2. The maximum Gasteiger partial charge on any atom is 0.407 e. The number of hydrogen-bond acceptors (Lipinski definition) is 6. The van der Waals surface area contributed by atoms with Crippen LogP contribution in [-0.2, 0) is 9.53 Å². The first-order valence-electron chi connectivity index (χ1n) is 15.2. The topological polar surface area (TPSA) is 128 Å². The van der Waals surface area contributed by atoms with Gasteiger partial charge in [0.05, 0.1) is 43.0 Å². The molecule has 0 unspecified atom stereocenters. The molecular formula is C33H38FN7O3. The minimum Gasteiger partial charge on any atom is -0.453 e. The first-order chi connectivity index (χ1) is 21.3. The van der Waals surface area contributed by atoms with Crippen molar-refractivity contribution in [1.29, 1.82) is 0 Å². The molecule has 2 aliphatic rings. The summed E-state index contributed by atoms with van der Waals surface area (Å²) in [7, 11) is 1.28. The Bertz CT molecular complexity index is 1620. The number of likely N-dealkylation sites (tertiary alicyclic amines) is 1. The second kappa shape index (κ2) is 12.6. The van der Waals surface area contributed by atoms with E-state index in [4.69, 9.17) is 4.74 Å². The Balaban J connectivity index is 1.15. The fraction of sp³-hybridized carbons (Fsp3) is 0.394. The van der Waals surface area contributed by atoms with E-state index in [1.807, 2.05) is 44.2 Å². The van der Waals surface area contributed by atoms with Crippen LogP contribution in [-0.4, -0.2) is 63.1 Å². The maximum atomic E-state index is 15.2. The van der Waals surface area contributed by atoms with Crippen molar-refractivity contribution in [3.05, 3.63) is 72.3 Å². The molecular weight excluding hydrogens is 561 g/mol. The summed E-state index contributed by atoms with van der Waals surface area (Å²) in [5.41, 5.74) is 4.59. The zero-order valence-corrected chi connectivity index (χ0v) is 25.2. The number of aromatic amines is 2. The van der Waals surface area contributed by atoms with Gasteiger partial charge < -0.3 is 30.2 Å². The molecule has 6 rings (SSSR count). The van der Waals surface area contributed by atoms with Crippen LogP contribution in [0.3, 0.4) is 0 Å². The average Bonchev–Trinajstić information content (AvgIpc) is 3.86. The number of hydrogen-bond donors (Lipinski definition) is 4. The molecule has 3 atom stereocenters. The van der Waals surface area contributed by atoms with E-state index in [1.165, 1.54) is 7.11 Å². The zero-order chi connectivity index (χ0) is 30.8. The summed E-state index contributed by atoms with van der Waals surface area (Å²) in [6.07, 6.45) is 6.60. The van der Waals surface area contributed by atoms with Gasteiger partial charge in [0.15, 0.2) is 0 Å². The fourth-order valence-electron chi connectivity index (χ4n) is 6.17. The number of methoxy groups -OCH3 is 1. The maximum absolute atomic E-state index is 15.2. The highest BCUT2D eigenvalue weighted by Gasteiger charge is 2.37. The van der Waals surface area contributed by atoms with Gasteiger partial charge in [0, 0.05) is 12.1 Å². The summed E-state index contributed by atoms with van der Waals surface area (Å²) in [5, 5.41) is 6.09. The smallest absolute Gasteiger partial charge is 0.407 e. The third-order valence-corrected chi connectivity index (χ3v) is 8.61. The summed E-state index contributed by atoms with van der Waals surface area (Å²) in [5.74, 6) is 0.999. The first-order valence-corrected chi connectivity index (χ1v) is 15.2. The Hall–Kier alpha value is -4.51. The number of carbonyl (C=O) groups is 2. The van der Waals surface area contributed by atoms with Crippen molar-refractivity contribution >= 4 is 12.0 Å². The van der Waals surface area contributed by atoms with Crippen LogP contribution in [0.2, 0.25) is 0 Å². The second-order valence-electron chi connectivity index (χ2n) is 11.8. The number of nitrogens with zero attached hydrogens (tertiary/aromatic N) is 3. The minimum atomic E-state index is -0.685. The number of amides is 2. The molecule has 2 fully saturated rings. The molecule has 0 saturated carbocycles. The highest BCUT2D eigenvalue weighted by molar-refractivity contribution is 5.86. The first kappa shape index (κ1) is 29.6. The molecule has 230 valence electrons. The molecule has 2 aliphatic heterocycles. The van der Waals surface area contributed by atoms with Gasteiger partial charge in [-0.3, -0.25) is 4.79 Å². The molecule has 0 bridgehead atoms. The standard InChI is InChI=1S/C33H38FN7O3/c1-19(2)29(40-33(43)44-3)32(42)41-15-5-7-28(41)31-37-17-26(38-31)21-10-8-20(9-11-21)22-12-13-23(24(34)16-22)27-18-36-30(39-27)25-6-4-14-35-25/h8-13,16-19,25,28-29,35H,4-7,14-15H2,1-3H3,(H,36,39)(H,37,38)(H,40,43)/t25-,28-,29-/m0/s1. The normalized spacial score (nSPS) is 19.0. The average molecular weight is 600 g/mol. The third-order valence-electron chi connectivity index (χ3n) is 8.61. The molecule has 10 nitrogen and oxygen atoms in total. The van der Waals surface area contributed by atoms with Crippen molar-refractivity contribution in [2.45, 2.75) is 57.7 Å². The van der Waals surface area contributed by atoms with Gasteiger partial charge in [-0.2, -0.15) is 0 Å². The minimum absolute atomic E-state index is 0.101. The predicted molar refractivity (Wildman–Crippen MR) is 165 cm³/mol. The molecule has 4 N–H and O–H groups in total. The van der Waals surface area contributed by atoms with E-state index in [-0.39, 0.29) is 29.7 Å². The number of H-pyrrole nitrogens is 2. The Kier molecular flexibility index (Phi) is 8.47. The summed E-state index contributed by atoms with van der Waals surface area (Å²) in [4.78, 5) is 42.9. The number of carbonyl (C=O) groups excluding carboxylic acids is 2. The number of ether oxygens (including phenoxy) is 1. The van der Waals surface area contributed by atoms with Crippen LogP contribution in [0, 0.1) is 11.7 Å². The Morgan fingerprint density at radius 1 is 0.955 bits per heavy atom. The zero-order valence-electron chi connectivity index (χ0n) is 25.2. The summed E-state index contributed by atoms with van der Waals surface area (Å²) in [6.45, 7) is 5.35. The fourth-order valence-corrected chi connectivity index (χ4v) is 6.17. The second-order valence-corrected chi connectivity index (χ2v) is 11.8. The van der Waals surface area contributed by atoms with Gasteiger partial charge in [0.25, 0.3) is 0 Å². The van der Waals surface area contributed by atoms with E-state index in [2.05, 4.69) is 30.6 Å². The van der Waals surface area contributed by atoms with Gasteiger partial charge >= 0.3 is 6.09 Å². The molecule has 2 amide bonds. The van der Waals surface area contributed by atoms with Gasteiger partial charge in [0.2, 0.25) is 5.91 Å². The molecule has 0 spiro atoms. The molecule has 11 heteroatoms. The number of alkyl carbamates (subject to hydrolysis) is 1. The lowest BCUT2D eigenvalue weighted by Crippen LogP contribution is -2.51. The number of nitrogens with one attached hydrogen (secondary N) is 4. The van der Waals surface area contributed by atoms with Crippen LogP contribution >= 0.6 is 0 Å². The van der Waals surface area contributed by atoms with E-state index < -0.39 is 12.1 Å². The van der Waals surface area contributed by atoms with Crippen LogP contribution < -0.4 is 10.6 Å². The van der Waals surface area contributed by atoms with Gasteiger partial charge in [-0.1, -0.05) is 44.2 Å². The van der Waals surface area contributed by atoms with Crippen LogP contribution in [0.5, 0.6) is 0 Å². The quantitative estimate of drug-likeness (QED) is 0.205. The molecule has 2 aromatic heterocycles. The van der Waals surface area contributed by atoms with Crippen LogP contribution in [0.15, 0.2) is 54.9 Å². The number of aromatic nitrogens is 4. The predicted octanol–water partition coefficient (Wildman–Crippen LogP) is 5.74. The highest BCUT2D eigenvalue weighted by Crippen LogP contribution is 2.34. The van der Waals surface area contributed by atoms with Gasteiger partial charge in [-0.25, -0.2) is 19.2 Å². The van der Waals surface area contributed by atoms with Gasteiger partial charge in [-0.05, 0) is 67.0 Å². The van der Waals surface area contributed by atoms with Crippen molar-refractivity contribution in [2.24, 2.45) is 5.92 Å². The molecule has 44 heavy (non-hydrogen) atoms. The number of halogens is 1. The number of rotatable bonds is 8. The van der Waals surface area contributed by atoms with Crippen molar-refractivity contribution in [2.75, 3.05) is 20.2 Å². The lowest BCUT2D eigenvalue weighted by atomic mass is 10.0. The van der Waals surface area contributed by atoms with Crippen LogP contribution in [0.25, 0.3) is 33.6 Å². The van der Waals surface area contributed by atoms with E-state index in [0.29, 0.717) is 23.6 Å². The molecule has 0 aliphatic carbocycles. The lowest BCUT2D eigenvalue weighted by Gasteiger charge is -2.30. The summed E-state index contributed by atoms with van der Waals surface area (Å²) >= 11 is 0. The van der Waals surface area contributed by atoms with Crippen LogP contribution in [0.4, 0.5) is 9.18 Å². The molecule has 2 saturated heterocycles. The third kappa shape index (κ3) is 5.96. The monoisotopic (exact) mass is 599 g/mol. The van der Waals surface area contributed by atoms with Crippen molar-refractivity contribution < 1.29 is 18.7 Å². The van der Waals surface area contributed by atoms with Crippen molar-refractivity contribution in [3.8, 4) is 33.6 Å². The summed E-state index contributed by atoms with van der Waals surface area (Å²) in [6, 6.07) is 12.4. The van der Waals surface area contributed by atoms with Gasteiger partial charge in [0.1, 0.15) is 23.5 Å². The van der Waals surface area contributed by atoms with Crippen molar-refractivity contribution in [3.63, 3.8) is 0 Å². The highest BCUT2D eigenvalue weighted by atomic mass is 19.1. The van der Waals surface area contributed by atoms with Gasteiger partial charge in [-0.15, -0.1) is 0 Å². The molecule has 0 radical (unpaired) electrons. The van der Waals surface area contributed by atoms with Crippen LogP contribution in [0.1, 0.15) is 63.3 Å². The largest absolute Gasteiger partial charge is 0.453 e. The number of benzene rings is 2. The lowest BCUT2D eigenvalue weighted by molar-refractivity contribution is -0.135. The van der Waals surface area contributed by atoms with E-state index in [0.717, 1.165) is 60.4 Å². The molecule has 2 aromatic carbocycles. The summed E-state index contributed by atoms with van der Waals surface area (Å²) < 4.78 is 20.0. The van der Waals surface area contributed by atoms with E-state index >= 15 is 4.39 Å². The van der Waals surface area contributed by atoms with E-state index in [9.17, 15) is 9.59 Å². The molecule has 4 aromatic rings.